The molecule has 0 bridgehead atoms. The van der Waals surface area contributed by atoms with Crippen molar-refractivity contribution in [1.82, 2.24) is 5.43 Å². The second-order valence-electron chi connectivity index (χ2n) is 4.25. The molecule has 96 valence electrons. The molecule has 0 aliphatic heterocycles. The number of benzene rings is 1. The van der Waals surface area contributed by atoms with Gasteiger partial charge in [0.25, 0.3) is 0 Å². The van der Waals surface area contributed by atoms with Crippen LogP contribution < -0.4 is 11.3 Å². The summed E-state index contributed by atoms with van der Waals surface area (Å²) in [7, 11) is -3.06. The Labute approximate surface area is 107 Å². The minimum atomic E-state index is -3.06. The van der Waals surface area contributed by atoms with Crippen molar-refractivity contribution in [3.8, 4) is 0 Å². The molecule has 0 aromatic heterocycles. The van der Waals surface area contributed by atoms with Gasteiger partial charge in [0.1, 0.15) is 9.84 Å². The second-order valence-corrected chi connectivity index (χ2v) is 6.85. The molecule has 17 heavy (non-hydrogen) atoms. The van der Waals surface area contributed by atoms with E-state index < -0.39 is 9.84 Å². The average Bonchev–Trinajstić information content (AvgIpc) is 2.19. The third-order valence-corrected chi connectivity index (χ3v) is 3.77. The number of sulfone groups is 1. The fourth-order valence-electron chi connectivity index (χ4n) is 1.61. The van der Waals surface area contributed by atoms with Gasteiger partial charge in [-0.25, -0.2) is 8.42 Å². The lowest BCUT2D eigenvalue weighted by molar-refractivity contribution is 0.546. The third-order valence-electron chi connectivity index (χ3n) is 2.41. The maximum Gasteiger partial charge on any atom is 0.149 e. The summed E-state index contributed by atoms with van der Waals surface area (Å²) < 4.78 is 22.4. The van der Waals surface area contributed by atoms with Crippen molar-refractivity contribution >= 4 is 21.4 Å². The highest BCUT2D eigenvalue weighted by molar-refractivity contribution is 7.90. The van der Waals surface area contributed by atoms with E-state index in [-0.39, 0.29) is 11.8 Å². The second kappa shape index (κ2) is 5.82. The van der Waals surface area contributed by atoms with Gasteiger partial charge >= 0.3 is 0 Å². The Morgan fingerprint density at radius 1 is 1.47 bits per heavy atom. The molecule has 0 aliphatic carbocycles. The SMILES string of the molecule is Cc1ccc(CC(CS(C)(=O)=O)NN)c(Cl)c1. The maximum absolute atomic E-state index is 11.2. The lowest BCUT2D eigenvalue weighted by atomic mass is 10.1. The molecule has 4 nitrogen and oxygen atoms in total. The summed E-state index contributed by atoms with van der Waals surface area (Å²) in [5.41, 5.74) is 4.47. The molecule has 0 radical (unpaired) electrons. The van der Waals surface area contributed by atoms with Gasteiger partial charge in [-0.2, -0.15) is 0 Å². The van der Waals surface area contributed by atoms with Crippen molar-refractivity contribution in [3.05, 3.63) is 34.3 Å². The quantitative estimate of drug-likeness (QED) is 0.623. The van der Waals surface area contributed by atoms with E-state index in [1.54, 1.807) is 0 Å². The summed E-state index contributed by atoms with van der Waals surface area (Å²) >= 11 is 6.08. The Balaban J connectivity index is 2.81. The van der Waals surface area contributed by atoms with Crippen molar-refractivity contribution in [2.45, 2.75) is 19.4 Å². The molecule has 3 N–H and O–H groups in total. The maximum atomic E-state index is 11.2. The Kier molecular flexibility index (Phi) is 4.94. The van der Waals surface area contributed by atoms with E-state index in [4.69, 9.17) is 17.4 Å². The minimum Gasteiger partial charge on any atom is -0.271 e. The van der Waals surface area contributed by atoms with Crippen molar-refractivity contribution in [1.29, 1.82) is 0 Å². The fourth-order valence-corrected chi connectivity index (χ4v) is 2.87. The number of nitrogens with two attached hydrogens (primary N) is 1. The molecular weight excluding hydrogens is 260 g/mol. The molecule has 6 heteroatoms. The number of hydrogen-bond acceptors (Lipinski definition) is 4. The number of hydrazine groups is 1. The van der Waals surface area contributed by atoms with Gasteiger partial charge in [-0.1, -0.05) is 23.7 Å². The number of halogens is 1. The zero-order chi connectivity index (χ0) is 13.1. The highest BCUT2D eigenvalue weighted by Gasteiger charge is 2.15. The van der Waals surface area contributed by atoms with Crippen LogP contribution in [0.3, 0.4) is 0 Å². The first-order valence-corrected chi connectivity index (χ1v) is 7.64. The van der Waals surface area contributed by atoms with Gasteiger partial charge < -0.3 is 0 Å². The Hall–Kier alpha value is -0.620. The zero-order valence-electron chi connectivity index (χ0n) is 9.90. The molecule has 0 saturated heterocycles. The Morgan fingerprint density at radius 3 is 2.59 bits per heavy atom. The number of nitrogens with one attached hydrogen (secondary N) is 1. The predicted molar refractivity (Wildman–Crippen MR) is 70.7 cm³/mol. The van der Waals surface area contributed by atoms with Crippen molar-refractivity contribution in [3.63, 3.8) is 0 Å². The summed E-state index contributed by atoms with van der Waals surface area (Å²) in [4.78, 5) is 0. The molecule has 0 spiro atoms. The molecular formula is C11H17ClN2O2S. The Bertz CT molecular complexity index is 488. The largest absolute Gasteiger partial charge is 0.271 e. The molecule has 0 fully saturated rings. The molecule has 1 aromatic carbocycles. The van der Waals surface area contributed by atoms with Crippen molar-refractivity contribution < 1.29 is 8.42 Å². The molecule has 0 amide bonds. The van der Waals surface area contributed by atoms with Gasteiger partial charge in [-0.05, 0) is 30.5 Å². The smallest absolute Gasteiger partial charge is 0.149 e. The van der Waals surface area contributed by atoms with Gasteiger partial charge in [-0.3, -0.25) is 11.3 Å². The average molecular weight is 277 g/mol. The lowest BCUT2D eigenvalue weighted by Gasteiger charge is -2.15. The highest BCUT2D eigenvalue weighted by Crippen LogP contribution is 2.19. The van der Waals surface area contributed by atoms with Crippen LogP contribution in [0.1, 0.15) is 11.1 Å². The van der Waals surface area contributed by atoms with E-state index in [1.807, 2.05) is 25.1 Å². The zero-order valence-corrected chi connectivity index (χ0v) is 11.5. The van der Waals surface area contributed by atoms with Crippen LogP contribution >= 0.6 is 11.6 Å². The lowest BCUT2D eigenvalue weighted by Crippen LogP contribution is -2.41. The number of hydrogen-bond donors (Lipinski definition) is 2. The minimum absolute atomic E-state index is 0.00624. The summed E-state index contributed by atoms with van der Waals surface area (Å²) in [6.07, 6.45) is 1.68. The molecule has 0 saturated carbocycles. The first kappa shape index (κ1) is 14.4. The van der Waals surface area contributed by atoms with Crippen LogP contribution in [-0.2, 0) is 16.3 Å². The van der Waals surface area contributed by atoms with Gasteiger partial charge in [0.2, 0.25) is 0 Å². The van der Waals surface area contributed by atoms with Crippen LogP contribution in [0.15, 0.2) is 18.2 Å². The molecule has 0 heterocycles. The van der Waals surface area contributed by atoms with Gasteiger partial charge in [0, 0.05) is 17.3 Å². The molecule has 1 rings (SSSR count). The summed E-state index contributed by atoms with van der Waals surface area (Å²) in [5.74, 6) is 5.34. The Morgan fingerprint density at radius 2 is 2.12 bits per heavy atom. The summed E-state index contributed by atoms with van der Waals surface area (Å²) in [6, 6.07) is 5.36. The van der Waals surface area contributed by atoms with Crippen molar-refractivity contribution in [2.24, 2.45) is 5.84 Å². The predicted octanol–water partition coefficient (Wildman–Crippen LogP) is 1.07. The van der Waals surface area contributed by atoms with Gasteiger partial charge in [0.05, 0.1) is 5.75 Å². The first-order valence-electron chi connectivity index (χ1n) is 5.20. The van der Waals surface area contributed by atoms with Crippen LogP contribution in [-0.4, -0.2) is 26.5 Å². The van der Waals surface area contributed by atoms with Crippen molar-refractivity contribution in [2.75, 3.05) is 12.0 Å². The van der Waals surface area contributed by atoms with Gasteiger partial charge in [0.15, 0.2) is 0 Å². The number of rotatable bonds is 5. The van der Waals surface area contributed by atoms with E-state index in [9.17, 15) is 8.42 Å². The monoisotopic (exact) mass is 276 g/mol. The van der Waals surface area contributed by atoms with E-state index in [1.165, 1.54) is 6.26 Å². The van der Waals surface area contributed by atoms with E-state index in [0.717, 1.165) is 11.1 Å². The van der Waals surface area contributed by atoms with Crippen LogP contribution in [0.25, 0.3) is 0 Å². The summed E-state index contributed by atoms with van der Waals surface area (Å²) in [5, 5.41) is 0.638. The molecule has 1 unspecified atom stereocenters. The highest BCUT2D eigenvalue weighted by atomic mass is 35.5. The molecule has 1 aromatic rings. The third kappa shape index (κ3) is 5.04. The van der Waals surface area contributed by atoms with Crippen LogP contribution in [0.2, 0.25) is 5.02 Å². The normalized spacial score (nSPS) is 13.6. The molecule has 1 atom stereocenters. The van der Waals surface area contributed by atoms with Crippen LogP contribution in [0.5, 0.6) is 0 Å². The molecule has 0 aliphatic rings. The van der Waals surface area contributed by atoms with Crippen LogP contribution in [0, 0.1) is 6.92 Å². The van der Waals surface area contributed by atoms with E-state index in [2.05, 4.69) is 5.43 Å². The van der Waals surface area contributed by atoms with Gasteiger partial charge in [-0.15, -0.1) is 0 Å². The first-order chi connectivity index (χ1) is 7.81. The van der Waals surface area contributed by atoms with Crippen LogP contribution in [0.4, 0.5) is 0 Å². The van der Waals surface area contributed by atoms with E-state index in [0.29, 0.717) is 11.4 Å². The fraction of sp³-hybridized carbons (Fsp3) is 0.455. The standard InChI is InChI=1S/C11H17ClN2O2S/c1-8-3-4-9(11(12)5-8)6-10(14-13)7-17(2,15)16/h3-5,10,14H,6-7,13H2,1-2H3. The topological polar surface area (TPSA) is 72.2 Å². The summed E-state index contributed by atoms with van der Waals surface area (Å²) in [6.45, 7) is 1.95. The van der Waals surface area contributed by atoms with E-state index >= 15 is 0 Å². The number of aryl methyl sites for hydroxylation is 1.